The largest absolute Gasteiger partial charge is 0.374 e. The van der Waals surface area contributed by atoms with Gasteiger partial charge in [-0.25, -0.2) is 13.2 Å². The Balaban J connectivity index is 1.45. The molecule has 2 amide bonds. The van der Waals surface area contributed by atoms with Gasteiger partial charge in [-0.05, 0) is 25.0 Å². The minimum atomic E-state index is -3.52. The molecule has 8 nitrogen and oxygen atoms in total. The van der Waals surface area contributed by atoms with E-state index in [1.807, 2.05) is 6.92 Å². The van der Waals surface area contributed by atoms with E-state index in [1.165, 1.54) is 4.31 Å². The second kappa shape index (κ2) is 10.1. The van der Waals surface area contributed by atoms with Gasteiger partial charge in [-0.3, -0.25) is 4.90 Å². The molecule has 1 N–H and O–H groups in total. The fourth-order valence-electron chi connectivity index (χ4n) is 3.89. The molecule has 2 saturated heterocycles. The molecule has 0 saturated carbocycles. The van der Waals surface area contributed by atoms with Gasteiger partial charge in [0.2, 0.25) is 10.0 Å². The summed E-state index contributed by atoms with van der Waals surface area (Å²) in [5, 5.41) is 2.95. The molecule has 0 bridgehead atoms. The van der Waals surface area contributed by atoms with Crippen LogP contribution in [0.4, 0.5) is 4.79 Å². The van der Waals surface area contributed by atoms with Gasteiger partial charge >= 0.3 is 6.03 Å². The van der Waals surface area contributed by atoms with E-state index < -0.39 is 10.0 Å². The summed E-state index contributed by atoms with van der Waals surface area (Å²) < 4.78 is 32.8. The van der Waals surface area contributed by atoms with Crippen LogP contribution in [0.25, 0.3) is 0 Å². The Morgan fingerprint density at radius 3 is 2.43 bits per heavy atom. The van der Waals surface area contributed by atoms with Crippen LogP contribution in [-0.4, -0.2) is 93.6 Å². The Morgan fingerprint density at radius 2 is 1.80 bits per heavy atom. The van der Waals surface area contributed by atoms with E-state index in [0.717, 1.165) is 25.2 Å². The molecule has 2 aliphatic rings. The van der Waals surface area contributed by atoms with Crippen molar-refractivity contribution in [2.75, 3.05) is 59.0 Å². The third-order valence-corrected chi connectivity index (χ3v) is 7.42. The summed E-state index contributed by atoms with van der Waals surface area (Å²) in [5.74, 6) is 0.603. The van der Waals surface area contributed by atoms with Crippen LogP contribution in [0.1, 0.15) is 19.4 Å². The normalized spacial score (nSPS) is 21.7. The van der Waals surface area contributed by atoms with Crippen molar-refractivity contribution >= 4 is 16.1 Å². The van der Waals surface area contributed by atoms with Gasteiger partial charge < -0.3 is 15.0 Å². The third-order valence-electron chi connectivity index (χ3n) is 5.51. The molecule has 0 aliphatic carbocycles. The first kappa shape index (κ1) is 23.0. The number of aryl methyl sites for hydroxylation is 1. The van der Waals surface area contributed by atoms with Crippen LogP contribution in [-0.2, 0) is 14.8 Å². The first-order valence-corrected chi connectivity index (χ1v) is 12.1. The van der Waals surface area contributed by atoms with E-state index >= 15 is 0 Å². The van der Waals surface area contributed by atoms with Crippen molar-refractivity contribution in [3.05, 3.63) is 29.8 Å². The molecule has 2 fully saturated rings. The molecule has 1 aromatic rings. The smallest absolute Gasteiger partial charge is 0.317 e. The Kier molecular flexibility index (Phi) is 7.73. The zero-order valence-corrected chi connectivity index (χ0v) is 19.0. The molecule has 9 heteroatoms. The zero-order valence-electron chi connectivity index (χ0n) is 18.2. The number of piperazine rings is 1. The number of benzene rings is 1. The number of ether oxygens (including phenoxy) is 1. The van der Waals surface area contributed by atoms with E-state index in [0.29, 0.717) is 50.1 Å². The van der Waals surface area contributed by atoms with E-state index in [-0.39, 0.29) is 12.1 Å². The number of sulfonamides is 1. The van der Waals surface area contributed by atoms with Gasteiger partial charge in [0, 0.05) is 52.4 Å². The molecular weight excluding hydrogens is 404 g/mol. The number of hydrogen-bond donors (Lipinski definition) is 1. The lowest BCUT2D eigenvalue weighted by molar-refractivity contribution is -0.0294. The molecule has 168 valence electrons. The topological polar surface area (TPSA) is 82.2 Å². The van der Waals surface area contributed by atoms with Crippen molar-refractivity contribution in [2.45, 2.75) is 31.8 Å². The van der Waals surface area contributed by atoms with E-state index in [1.54, 1.807) is 29.2 Å². The second-order valence-corrected chi connectivity index (χ2v) is 10.5. The Bertz CT molecular complexity index is 805. The minimum Gasteiger partial charge on any atom is -0.374 e. The predicted molar refractivity (Wildman–Crippen MR) is 116 cm³/mol. The van der Waals surface area contributed by atoms with Crippen LogP contribution in [0.5, 0.6) is 0 Å². The Labute approximate surface area is 180 Å². The molecule has 0 radical (unpaired) electrons. The summed E-state index contributed by atoms with van der Waals surface area (Å²) in [4.78, 5) is 16.9. The highest BCUT2D eigenvalue weighted by Crippen LogP contribution is 2.18. The highest BCUT2D eigenvalue weighted by Gasteiger charge is 2.30. The zero-order chi connectivity index (χ0) is 21.7. The fourth-order valence-corrected chi connectivity index (χ4v) is 5.31. The number of rotatable bonds is 6. The lowest BCUT2D eigenvalue weighted by atomic mass is 10.2. The first-order chi connectivity index (χ1) is 14.3. The van der Waals surface area contributed by atoms with Crippen molar-refractivity contribution in [2.24, 2.45) is 5.92 Å². The van der Waals surface area contributed by atoms with Crippen molar-refractivity contribution in [3.63, 3.8) is 0 Å². The summed E-state index contributed by atoms with van der Waals surface area (Å²) >= 11 is 0. The molecule has 1 aromatic carbocycles. The van der Waals surface area contributed by atoms with E-state index in [2.05, 4.69) is 24.1 Å². The quantitative estimate of drug-likeness (QED) is 0.725. The Morgan fingerprint density at radius 1 is 1.13 bits per heavy atom. The standard InChI is InChI=1S/C21H34N4O4S/c1-17(2)15-23-12-13-29-19(16-23)14-22-21(26)24-8-10-25(11-9-24)30(27,28)20-6-4-18(3)5-7-20/h4-7,17,19H,8-16H2,1-3H3,(H,22,26)/t19-/m1/s1. The molecule has 0 spiro atoms. The highest BCUT2D eigenvalue weighted by atomic mass is 32.2. The average molecular weight is 439 g/mol. The molecule has 0 unspecified atom stereocenters. The molecule has 3 rings (SSSR count). The van der Waals surface area contributed by atoms with Crippen LogP contribution in [0.15, 0.2) is 29.2 Å². The van der Waals surface area contributed by atoms with E-state index in [4.69, 9.17) is 4.74 Å². The SMILES string of the molecule is Cc1ccc(S(=O)(=O)N2CCN(C(=O)NC[C@@H]3CN(CC(C)C)CCO3)CC2)cc1. The van der Waals surface area contributed by atoms with Crippen molar-refractivity contribution in [1.82, 2.24) is 19.4 Å². The second-order valence-electron chi connectivity index (χ2n) is 8.54. The summed E-state index contributed by atoms with van der Waals surface area (Å²) in [6, 6.07) is 6.71. The number of carbonyl (C=O) groups is 1. The summed E-state index contributed by atoms with van der Waals surface area (Å²) in [5.41, 5.74) is 1.02. The first-order valence-electron chi connectivity index (χ1n) is 10.7. The maximum absolute atomic E-state index is 12.8. The maximum atomic E-state index is 12.8. The summed E-state index contributed by atoms with van der Waals surface area (Å²) in [6.45, 7) is 11.6. The molecule has 0 aromatic heterocycles. The van der Waals surface area contributed by atoms with Crippen molar-refractivity contribution in [1.29, 1.82) is 0 Å². The van der Waals surface area contributed by atoms with E-state index in [9.17, 15) is 13.2 Å². The third kappa shape index (κ3) is 5.94. The van der Waals surface area contributed by atoms with Crippen LogP contribution in [0.2, 0.25) is 0 Å². The number of hydrogen-bond acceptors (Lipinski definition) is 5. The monoisotopic (exact) mass is 438 g/mol. The minimum absolute atomic E-state index is 0.00958. The molecular formula is C21H34N4O4S. The van der Waals surface area contributed by atoms with Crippen LogP contribution in [0, 0.1) is 12.8 Å². The van der Waals surface area contributed by atoms with Crippen LogP contribution < -0.4 is 5.32 Å². The molecule has 2 aliphatic heterocycles. The summed E-state index contributed by atoms with van der Waals surface area (Å²) in [7, 11) is -3.52. The molecule has 1 atom stereocenters. The number of nitrogens with one attached hydrogen (secondary N) is 1. The van der Waals surface area contributed by atoms with Gasteiger partial charge in [-0.2, -0.15) is 4.31 Å². The maximum Gasteiger partial charge on any atom is 0.317 e. The van der Waals surface area contributed by atoms with Gasteiger partial charge in [0.15, 0.2) is 0 Å². The van der Waals surface area contributed by atoms with Gasteiger partial charge in [0.25, 0.3) is 0 Å². The number of urea groups is 1. The fraction of sp³-hybridized carbons (Fsp3) is 0.667. The lowest BCUT2D eigenvalue weighted by Gasteiger charge is -2.36. The molecule has 2 heterocycles. The average Bonchev–Trinajstić information content (AvgIpc) is 2.72. The number of morpholine rings is 1. The highest BCUT2D eigenvalue weighted by molar-refractivity contribution is 7.89. The predicted octanol–water partition coefficient (Wildman–Crippen LogP) is 1.37. The number of carbonyl (C=O) groups excluding carboxylic acids is 1. The van der Waals surface area contributed by atoms with Crippen LogP contribution >= 0.6 is 0 Å². The number of nitrogens with zero attached hydrogens (tertiary/aromatic N) is 3. The van der Waals surface area contributed by atoms with Gasteiger partial charge in [0.1, 0.15) is 0 Å². The molecule has 30 heavy (non-hydrogen) atoms. The van der Waals surface area contributed by atoms with Gasteiger partial charge in [-0.1, -0.05) is 31.5 Å². The van der Waals surface area contributed by atoms with Crippen molar-refractivity contribution in [3.8, 4) is 0 Å². The summed E-state index contributed by atoms with van der Waals surface area (Å²) in [6.07, 6.45) is -0.00958. The Hall–Kier alpha value is -1.68. The number of amides is 2. The van der Waals surface area contributed by atoms with Gasteiger partial charge in [0.05, 0.1) is 17.6 Å². The van der Waals surface area contributed by atoms with Gasteiger partial charge in [-0.15, -0.1) is 0 Å². The lowest BCUT2D eigenvalue weighted by Crippen LogP contribution is -2.55. The van der Waals surface area contributed by atoms with Crippen LogP contribution in [0.3, 0.4) is 0 Å². The van der Waals surface area contributed by atoms with Crippen molar-refractivity contribution < 1.29 is 17.9 Å².